The summed E-state index contributed by atoms with van der Waals surface area (Å²) in [7, 11) is 1.59. The molecule has 0 aromatic heterocycles. The first-order chi connectivity index (χ1) is 14.1. The van der Waals surface area contributed by atoms with Gasteiger partial charge in [0.05, 0.1) is 29.6 Å². The molecule has 2 aliphatic heterocycles. The number of halogens is 1. The van der Waals surface area contributed by atoms with Crippen LogP contribution in [0.5, 0.6) is 5.75 Å². The van der Waals surface area contributed by atoms with E-state index in [1.807, 2.05) is 42.5 Å². The Labute approximate surface area is 176 Å². The second-order valence-corrected chi connectivity index (χ2v) is 7.92. The lowest BCUT2D eigenvalue weighted by atomic mass is 10.1. The van der Waals surface area contributed by atoms with E-state index in [-0.39, 0.29) is 18.2 Å². The molecular weight excluding hydrogens is 432 g/mol. The lowest BCUT2D eigenvalue weighted by Crippen LogP contribution is -2.47. The highest BCUT2D eigenvalue weighted by Crippen LogP contribution is 2.57. The summed E-state index contributed by atoms with van der Waals surface area (Å²) in [5, 5.41) is 3.00. The van der Waals surface area contributed by atoms with Crippen molar-refractivity contribution in [2.75, 3.05) is 17.3 Å². The van der Waals surface area contributed by atoms with Gasteiger partial charge in [-0.3, -0.25) is 9.49 Å². The first-order valence-electron chi connectivity index (χ1n) is 9.18. The normalized spacial score (nSPS) is 18.8. The maximum absolute atomic E-state index is 12.8. The van der Waals surface area contributed by atoms with E-state index < -0.39 is 0 Å². The maximum atomic E-state index is 12.8. The molecule has 29 heavy (non-hydrogen) atoms. The Morgan fingerprint density at radius 3 is 2.55 bits per heavy atom. The number of methoxy groups -OCH3 is 1. The molecule has 2 atom stereocenters. The lowest BCUT2D eigenvalue weighted by molar-refractivity contribution is -0.680. The van der Waals surface area contributed by atoms with E-state index in [4.69, 9.17) is 4.74 Å². The molecule has 0 spiro atoms. The van der Waals surface area contributed by atoms with Crippen LogP contribution >= 0.6 is 15.9 Å². The molecule has 2 heterocycles. The molecule has 1 amide bonds. The number of carbonyl (C=O) groups is 1. The summed E-state index contributed by atoms with van der Waals surface area (Å²) in [4.78, 5) is 14.9. The number of hydrogen-bond donors (Lipinski definition) is 1. The van der Waals surface area contributed by atoms with Crippen molar-refractivity contribution in [2.45, 2.75) is 12.3 Å². The van der Waals surface area contributed by atoms with Gasteiger partial charge in [0.25, 0.3) is 18.2 Å². The van der Waals surface area contributed by atoms with Gasteiger partial charge in [-0.05, 0) is 54.6 Å². The number of nitrogens with one attached hydrogen (secondary N) is 1. The van der Waals surface area contributed by atoms with E-state index in [9.17, 15) is 10.3 Å². The molecule has 0 saturated carbocycles. The van der Waals surface area contributed by atoms with Crippen LogP contribution in [0.2, 0.25) is 0 Å². The van der Waals surface area contributed by atoms with Gasteiger partial charge in [-0.15, -0.1) is 0 Å². The predicted octanol–water partition coefficient (Wildman–Crippen LogP) is 5.28. The van der Waals surface area contributed by atoms with Gasteiger partial charge >= 0.3 is 0 Å². The van der Waals surface area contributed by atoms with Gasteiger partial charge in [0, 0.05) is 10.0 Å². The third kappa shape index (κ3) is 2.73. The van der Waals surface area contributed by atoms with Crippen LogP contribution in [0, 0.1) is 0 Å². The van der Waals surface area contributed by atoms with E-state index in [1.54, 1.807) is 31.4 Å². The number of amides is 1. The Kier molecular flexibility index (Phi) is 4.13. The van der Waals surface area contributed by atoms with Crippen LogP contribution in [0.1, 0.15) is 33.8 Å². The van der Waals surface area contributed by atoms with E-state index in [0.29, 0.717) is 17.0 Å². The van der Waals surface area contributed by atoms with Gasteiger partial charge in [0.1, 0.15) is 5.75 Å². The second kappa shape index (κ2) is 6.70. The molecule has 0 aliphatic carbocycles. The lowest BCUT2D eigenvalue weighted by Gasteiger charge is -2.41. The molecule has 1 N–H and O–H groups in total. The zero-order valence-electron chi connectivity index (χ0n) is 15.5. The maximum Gasteiger partial charge on any atom is 0.255 e. The first-order valence-corrected chi connectivity index (χ1v) is 9.97. The number of nitrogens with zero attached hydrogens (tertiary/aromatic N) is 3. The van der Waals surface area contributed by atoms with Gasteiger partial charge in [0.15, 0.2) is 0 Å². The SMILES string of the molecule is COc1ccc(C(=O)Nc2ccccc2N2C3c4ccc(Br)cc4C2[N+]3=[N-])cc1. The minimum absolute atomic E-state index is 0.200. The molecule has 7 heteroatoms. The zero-order chi connectivity index (χ0) is 20.1. The van der Waals surface area contributed by atoms with Crippen molar-refractivity contribution >= 4 is 33.2 Å². The Morgan fingerprint density at radius 1 is 1.07 bits per heavy atom. The van der Waals surface area contributed by atoms with Crippen LogP contribution in [0.3, 0.4) is 0 Å². The summed E-state index contributed by atoms with van der Waals surface area (Å²) in [5.74, 6) is 0.500. The number of hydrogen-bond acceptors (Lipinski definition) is 3. The number of rotatable bonds is 4. The van der Waals surface area contributed by atoms with Crippen LogP contribution in [-0.4, -0.2) is 17.7 Å². The Bertz CT molecular complexity index is 1150. The van der Waals surface area contributed by atoms with Crippen LogP contribution in [0.4, 0.5) is 11.4 Å². The molecule has 2 unspecified atom stereocenters. The zero-order valence-corrected chi connectivity index (χ0v) is 17.1. The van der Waals surface area contributed by atoms with Gasteiger partial charge in [-0.1, -0.05) is 28.1 Å². The van der Waals surface area contributed by atoms with Crippen LogP contribution in [0.15, 0.2) is 71.2 Å². The fraction of sp³-hybridized carbons (Fsp3) is 0.136. The molecular formula is C22H17BrN4O2. The van der Waals surface area contributed by atoms with E-state index in [1.165, 1.54) is 4.70 Å². The standard InChI is InChI=1S/C22H17BrN4O2/c1-29-15-9-6-13(7-10-15)20(28)25-18-4-2-3-5-19(18)26-21-16-11-8-14(23)12-17(16)22(26)27(21)24/h2-12,21-22H,1H3,(H,25,28). The quantitative estimate of drug-likeness (QED) is 0.552. The summed E-state index contributed by atoms with van der Waals surface area (Å²) in [6.07, 6.45) is -0.534. The van der Waals surface area contributed by atoms with E-state index in [0.717, 1.165) is 21.3 Å². The summed E-state index contributed by atoms with van der Waals surface area (Å²) in [5.41, 5.74) is 14.7. The molecule has 3 aromatic rings. The van der Waals surface area contributed by atoms with Crippen molar-refractivity contribution in [2.24, 2.45) is 0 Å². The highest BCUT2D eigenvalue weighted by Gasteiger charge is 2.59. The minimum Gasteiger partial charge on any atom is -0.502 e. The van der Waals surface area contributed by atoms with Gasteiger partial charge in [-0.2, -0.15) is 0 Å². The van der Waals surface area contributed by atoms with Crippen molar-refractivity contribution in [1.29, 1.82) is 0 Å². The van der Waals surface area contributed by atoms with Crippen molar-refractivity contribution in [3.05, 3.63) is 93.4 Å². The van der Waals surface area contributed by atoms with E-state index >= 15 is 0 Å². The number of para-hydroxylation sites is 2. The number of ether oxygens (including phenoxy) is 1. The molecule has 144 valence electrons. The largest absolute Gasteiger partial charge is 0.502 e. The van der Waals surface area contributed by atoms with Crippen LogP contribution in [0.25, 0.3) is 5.53 Å². The average molecular weight is 449 g/mol. The Hall–Kier alpha value is -3.19. The Morgan fingerprint density at radius 2 is 1.79 bits per heavy atom. The number of benzene rings is 3. The fourth-order valence-electron chi connectivity index (χ4n) is 4.05. The van der Waals surface area contributed by atoms with Crippen molar-refractivity contribution in [3.8, 4) is 5.75 Å². The van der Waals surface area contributed by atoms with Gasteiger partial charge in [-0.25, -0.2) is 4.90 Å². The molecule has 3 aromatic carbocycles. The monoisotopic (exact) mass is 448 g/mol. The van der Waals surface area contributed by atoms with E-state index in [2.05, 4.69) is 26.1 Å². The number of carbonyl (C=O) groups excluding carboxylic acids is 1. The highest BCUT2D eigenvalue weighted by molar-refractivity contribution is 9.10. The molecule has 5 rings (SSSR count). The topological polar surface area (TPSA) is 66.9 Å². The molecule has 6 nitrogen and oxygen atoms in total. The molecule has 1 saturated heterocycles. The van der Waals surface area contributed by atoms with Gasteiger partial charge in [0.2, 0.25) is 0 Å². The molecule has 1 fully saturated rings. The van der Waals surface area contributed by atoms with Crippen LogP contribution < -0.4 is 15.0 Å². The second-order valence-electron chi connectivity index (χ2n) is 7.01. The fourth-order valence-corrected chi connectivity index (χ4v) is 4.43. The Balaban J connectivity index is 1.45. The molecule has 0 radical (unpaired) electrons. The van der Waals surface area contributed by atoms with Crippen LogP contribution in [-0.2, 0) is 0 Å². The molecule has 2 bridgehead atoms. The summed E-state index contributed by atoms with van der Waals surface area (Å²) in [6.45, 7) is 0. The number of fused-ring (bicyclic) bond motifs is 5. The first kappa shape index (κ1) is 17.9. The summed E-state index contributed by atoms with van der Waals surface area (Å²) in [6, 6.07) is 20.6. The smallest absolute Gasteiger partial charge is 0.255 e. The number of anilines is 2. The van der Waals surface area contributed by atoms with Crippen molar-refractivity contribution in [1.82, 2.24) is 0 Å². The molecule has 2 aliphatic rings. The highest BCUT2D eigenvalue weighted by atomic mass is 79.9. The predicted molar refractivity (Wildman–Crippen MR) is 113 cm³/mol. The average Bonchev–Trinajstić information content (AvgIpc) is 3.22. The van der Waals surface area contributed by atoms with Crippen molar-refractivity contribution < 1.29 is 14.2 Å². The van der Waals surface area contributed by atoms with Gasteiger partial charge < -0.3 is 15.6 Å². The third-order valence-corrected chi connectivity index (χ3v) is 5.91. The minimum atomic E-state index is -0.272. The van der Waals surface area contributed by atoms with Crippen molar-refractivity contribution in [3.63, 3.8) is 0 Å². The third-order valence-electron chi connectivity index (χ3n) is 5.42. The summed E-state index contributed by atoms with van der Waals surface area (Å²) < 4.78 is 7.47. The summed E-state index contributed by atoms with van der Waals surface area (Å²) >= 11 is 3.51.